The van der Waals surface area contributed by atoms with E-state index in [0.717, 1.165) is 4.90 Å². The summed E-state index contributed by atoms with van der Waals surface area (Å²) in [5, 5.41) is 5.36. The minimum absolute atomic E-state index is 0.229. The third kappa shape index (κ3) is 3.68. The van der Waals surface area contributed by atoms with E-state index in [1.54, 1.807) is 32.0 Å². The molecule has 0 unspecified atom stereocenters. The molecule has 2 atom stereocenters. The fourth-order valence-corrected chi connectivity index (χ4v) is 3.15. The second-order valence-electron chi connectivity index (χ2n) is 6.73. The zero-order valence-electron chi connectivity index (χ0n) is 15.5. The van der Waals surface area contributed by atoms with Gasteiger partial charge in [0.1, 0.15) is 25.3 Å². The number of hydrogen-bond donors (Lipinski definition) is 2. The largest absolute Gasteiger partial charge is 0.486 e. The van der Waals surface area contributed by atoms with Gasteiger partial charge in [-0.25, -0.2) is 4.79 Å². The van der Waals surface area contributed by atoms with Gasteiger partial charge < -0.3 is 24.8 Å². The van der Waals surface area contributed by atoms with Crippen molar-refractivity contribution in [2.24, 2.45) is 0 Å². The molecule has 2 aliphatic rings. The van der Waals surface area contributed by atoms with Crippen molar-refractivity contribution in [3.05, 3.63) is 23.8 Å². The van der Waals surface area contributed by atoms with Crippen LogP contribution in [-0.4, -0.2) is 62.3 Å². The highest BCUT2D eigenvalue weighted by Gasteiger charge is 2.49. The van der Waals surface area contributed by atoms with Crippen LogP contribution in [0.15, 0.2) is 18.2 Å². The smallest absolute Gasteiger partial charge is 0.325 e. The van der Waals surface area contributed by atoms with Crippen molar-refractivity contribution >= 4 is 17.8 Å². The van der Waals surface area contributed by atoms with Crippen molar-refractivity contribution < 1.29 is 28.6 Å². The zero-order valence-corrected chi connectivity index (χ0v) is 15.5. The van der Waals surface area contributed by atoms with Gasteiger partial charge in [0, 0.05) is 13.2 Å². The summed E-state index contributed by atoms with van der Waals surface area (Å²) >= 11 is 0. The maximum atomic E-state index is 12.9. The molecule has 146 valence electrons. The van der Waals surface area contributed by atoms with E-state index in [9.17, 15) is 14.4 Å². The maximum Gasteiger partial charge on any atom is 0.325 e. The lowest BCUT2D eigenvalue weighted by atomic mass is 9.91. The van der Waals surface area contributed by atoms with E-state index >= 15 is 0 Å². The molecule has 0 bridgehead atoms. The molecule has 3 rings (SSSR count). The number of nitrogens with zero attached hydrogens (tertiary/aromatic N) is 1. The number of carbonyl (C=O) groups is 3. The summed E-state index contributed by atoms with van der Waals surface area (Å²) in [6.07, 6.45) is 0. The van der Waals surface area contributed by atoms with Crippen LogP contribution in [-0.2, 0) is 19.9 Å². The highest BCUT2D eigenvalue weighted by atomic mass is 16.6. The predicted molar refractivity (Wildman–Crippen MR) is 94.5 cm³/mol. The van der Waals surface area contributed by atoms with Crippen LogP contribution in [0.3, 0.4) is 0 Å². The number of hydrogen-bond acceptors (Lipinski definition) is 6. The van der Waals surface area contributed by atoms with Gasteiger partial charge in [-0.15, -0.1) is 0 Å². The summed E-state index contributed by atoms with van der Waals surface area (Å²) in [5.41, 5.74) is -0.730. The molecule has 2 N–H and O–H groups in total. The minimum atomic E-state index is -1.29. The lowest BCUT2D eigenvalue weighted by Gasteiger charge is -2.25. The molecular formula is C18H23N3O6. The van der Waals surface area contributed by atoms with Crippen LogP contribution in [0, 0.1) is 0 Å². The number of methoxy groups -OCH3 is 1. The highest BCUT2D eigenvalue weighted by Crippen LogP contribution is 2.36. The Bertz CT molecular complexity index is 767. The summed E-state index contributed by atoms with van der Waals surface area (Å²) < 4.78 is 16.0. The molecular weight excluding hydrogens is 354 g/mol. The van der Waals surface area contributed by atoms with Crippen LogP contribution < -0.4 is 20.1 Å². The van der Waals surface area contributed by atoms with Crippen molar-refractivity contribution in [1.82, 2.24) is 15.5 Å². The number of amides is 4. The van der Waals surface area contributed by atoms with E-state index in [-0.39, 0.29) is 12.6 Å². The van der Waals surface area contributed by atoms with Gasteiger partial charge in [-0.3, -0.25) is 14.5 Å². The standard InChI is InChI=1S/C18H23N3O6/c1-11(10-25-3)19-15(22)9-21-16(23)18(2,20-17(21)24)12-4-5-13-14(8-12)27-7-6-26-13/h4-5,8,11H,6-7,9-10H2,1-3H3,(H,19,22)(H,20,24)/t11-,18+/m0/s1. The van der Waals surface area contributed by atoms with E-state index in [1.807, 2.05) is 0 Å². The monoisotopic (exact) mass is 377 g/mol. The maximum absolute atomic E-state index is 12.9. The molecule has 1 aromatic rings. The molecule has 0 saturated carbocycles. The molecule has 1 saturated heterocycles. The van der Waals surface area contributed by atoms with Crippen LogP contribution in [0.2, 0.25) is 0 Å². The Morgan fingerprint density at radius 2 is 2.04 bits per heavy atom. The molecule has 2 aliphatic heterocycles. The topological polar surface area (TPSA) is 106 Å². The average Bonchev–Trinajstić information content (AvgIpc) is 2.85. The zero-order chi connectivity index (χ0) is 19.6. The average molecular weight is 377 g/mol. The van der Waals surface area contributed by atoms with Crippen LogP contribution in [0.5, 0.6) is 11.5 Å². The molecule has 2 heterocycles. The summed E-state index contributed by atoms with van der Waals surface area (Å²) in [5.74, 6) is 0.175. The first-order valence-electron chi connectivity index (χ1n) is 8.67. The first-order valence-corrected chi connectivity index (χ1v) is 8.67. The molecule has 0 aliphatic carbocycles. The lowest BCUT2D eigenvalue weighted by Crippen LogP contribution is -2.45. The summed E-state index contributed by atoms with van der Waals surface area (Å²) in [6, 6.07) is 4.24. The van der Waals surface area contributed by atoms with Crippen molar-refractivity contribution in [3.63, 3.8) is 0 Å². The molecule has 0 spiro atoms. The third-order valence-corrected chi connectivity index (χ3v) is 4.52. The van der Waals surface area contributed by atoms with E-state index in [2.05, 4.69) is 10.6 Å². The lowest BCUT2D eigenvalue weighted by molar-refractivity contribution is -0.135. The number of carbonyl (C=O) groups excluding carboxylic acids is 3. The van der Waals surface area contributed by atoms with Gasteiger partial charge in [0.05, 0.1) is 6.61 Å². The molecule has 4 amide bonds. The second-order valence-corrected chi connectivity index (χ2v) is 6.73. The van der Waals surface area contributed by atoms with Crippen LogP contribution >= 0.6 is 0 Å². The molecule has 1 aromatic carbocycles. The number of urea groups is 1. The Morgan fingerprint density at radius 1 is 1.33 bits per heavy atom. The van der Waals surface area contributed by atoms with Crippen molar-refractivity contribution in [3.8, 4) is 11.5 Å². The molecule has 1 fully saturated rings. The number of benzene rings is 1. The van der Waals surface area contributed by atoms with Gasteiger partial charge in [-0.1, -0.05) is 6.07 Å². The Balaban J connectivity index is 1.75. The second kappa shape index (κ2) is 7.43. The SMILES string of the molecule is COC[C@H](C)NC(=O)CN1C(=O)N[C@](C)(c2ccc3c(c2)OCCO3)C1=O. The predicted octanol–water partition coefficient (Wildman–Crippen LogP) is 0.376. The van der Waals surface area contributed by atoms with Crippen molar-refractivity contribution in [2.75, 3.05) is 33.5 Å². The normalized spacial score (nSPS) is 22.4. The number of imide groups is 1. The van der Waals surface area contributed by atoms with E-state index in [1.165, 1.54) is 7.11 Å². The van der Waals surface area contributed by atoms with Crippen LogP contribution in [0.25, 0.3) is 0 Å². The molecule has 0 aromatic heterocycles. The summed E-state index contributed by atoms with van der Waals surface area (Å²) in [7, 11) is 1.53. The number of nitrogens with one attached hydrogen (secondary N) is 2. The van der Waals surface area contributed by atoms with E-state index in [0.29, 0.717) is 36.9 Å². The summed E-state index contributed by atoms with van der Waals surface area (Å²) in [4.78, 5) is 38.3. The van der Waals surface area contributed by atoms with Gasteiger partial charge in [0.15, 0.2) is 11.5 Å². The fourth-order valence-electron chi connectivity index (χ4n) is 3.15. The molecule has 9 nitrogen and oxygen atoms in total. The number of rotatable bonds is 6. The Morgan fingerprint density at radius 3 is 2.74 bits per heavy atom. The number of fused-ring (bicyclic) bond motifs is 1. The van der Waals surface area contributed by atoms with Crippen molar-refractivity contribution in [1.29, 1.82) is 0 Å². The molecule has 27 heavy (non-hydrogen) atoms. The van der Waals surface area contributed by atoms with Gasteiger partial charge in [-0.05, 0) is 31.5 Å². The van der Waals surface area contributed by atoms with E-state index < -0.39 is 23.4 Å². The fraction of sp³-hybridized carbons (Fsp3) is 0.500. The first kappa shape index (κ1) is 19.0. The Kier molecular flexibility index (Phi) is 5.22. The quantitative estimate of drug-likeness (QED) is 0.694. The Hall–Kier alpha value is -2.81. The highest BCUT2D eigenvalue weighted by molar-refractivity contribution is 6.09. The third-order valence-electron chi connectivity index (χ3n) is 4.52. The summed E-state index contributed by atoms with van der Waals surface area (Å²) in [6.45, 7) is 4.22. The van der Waals surface area contributed by atoms with E-state index in [4.69, 9.17) is 14.2 Å². The van der Waals surface area contributed by atoms with Gasteiger partial charge in [-0.2, -0.15) is 0 Å². The van der Waals surface area contributed by atoms with Gasteiger partial charge in [0.25, 0.3) is 5.91 Å². The van der Waals surface area contributed by atoms with Crippen molar-refractivity contribution in [2.45, 2.75) is 25.4 Å². The number of ether oxygens (including phenoxy) is 3. The van der Waals surface area contributed by atoms with Crippen LogP contribution in [0.1, 0.15) is 19.4 Å². The van der Waals surface area contributed by atoms with Crippen LogP contribution in [0.4, 0.5) is 4.79 Å². The van der Waals surface area contributed by atoms with Gasteiger partial charge >= 0.3 is 6.03 Å². The molecule has 9 heteroatoms. The molecule has 0 radical (unpaired) electrons. The minimum Gasteiger partial charge on any atom is -0.486 e. The Labute approximate surface area is 156 Å². The van der Waals surface area contributed by atoms with Gasteiger partial charge in [0.2, 0.25) is 5.91 Å². The first-order chi connectivity index (χ1) is 12.8.